The molecular weight excluding hydrogens is 402 g/mol. The second-order valence-corrected chi connectivity index (χ2v) is 7.85. The lowest BCUT2D eigenvalue weighted by Crippen LogP contribution is -2.23. The highest BCUT2D eigenvalue weighted by Crippen LogP contribution is 2.25. The molecule has 30 heavy (non-hydrogen) atoms. The van der Waals surface area contributed by atoms with Crippen LogP contribution in [0.5, 0.6) is 17.2 Å². The van der Waals surface area contributed by atoms with Gasteiger partial charge in [-0.25, -0.2) is 0 Å². The van der Waals surface area contributed by atoms with Gasteiger partial charge >= 0.3 is 0 Å². The zero-order valence-electron chi connectivity index (χ0n) is 17.1. The van der Waals surface area contributed by atoms with Crippen LogP contribution in [0, 0.1) is 0 Å². The van der Waals surface area contributed by atoms with E-state index in [0.29, 0.717) is 26.8 Å². The molecule has 0 spiro atoms. The van der Waals surface area contributed by atoms with Crippen LogP contribution in [-0.2, 0) is 0 Å². The van der Waals surface area contributed by atoms with Crippen LogP contribution in [0.1, 0.15) is 19.4 Å². The fraction of sp³-hybridized carbons (Fsp3) is 0.227. The largest absolute Gasteiger partial charge is 0.497 e. The number of ether oxygens (including phenoxy) is 3. The molecule has 2 heterocycles. The molecule has 0 saturated carbocycles. The molecule has 0 bridgehead atoms. The number of hydrogen-bond acceptors (Lipinski definition) is 7. The van der Waals surface area contributed by atoms with Gasteiger partial charge < -0.3 is 14.2 Å². The Bertz CT molecular complexity index is 1290. The predicted molar refractivity (Wildman–Crippen MR) is 117 cm³/mol. The van der Waals surface area contributed by atoms with E-state index < -0.39 is 0 Å². The highest BCUT2D eigenvalue weighted by Gasteiger charge is 2.13. The van der Waals surface area contributed by atoms with E-state index in [2.05, 4.69) is 10.1 Å². The van der Waals surface area contributed by atoms with Gasteiger partial charge in [-0.15, -0.1) is 5.10 Å². The van der Waals surface area contributed by atoms with Gasteiger partial charge in [0.2, 0.25) is 4.96 Å². The van der Waals surface area contributed by atoms with Gasteiger partial charge in [0.1, 0.15) is 17.2 Å². The third-order valence-corrected chi connectivity index (χ3v) is 5.35. The smallest absolute Gasteiger partial charge is 0.291 e. The number of aromatic nitrogens is 3. The molecule has 0 atom stereocenters. The molecule has 0 saturated heterocycles. The zero-order valence-corrected chi connectivity index (χ0v) is 17.9. The first-order valence-electron chi connectivity index (χ1n) is 9.39. The first-order chi connectivity index (χ1) is 14.5. The SMILES string of the molecule is COc1ccc(/C=c2/sc3nc(-c4ccc(OC(C)C)cc4)nn3c2=O)c(OC)c1. The molecule has 0 amide bonds. The maximum atomic E-state index is 12.8. The Morgan fingerprint density at radius 3 is 2.40 bits per heavy atom. The summed E-state index contributed by atoms with van der Waals surface area (Å²) in [4.78, 5) is 17.9. The second kappa shape index (κ2) is 8.16. The normalized spacial score (nSPS) is 12.0. The molecule has 4 rings (SSSR count). The van der Waals surface area contributed by atoms with Gasteiger partial charge in [-0.1, -0.05) is 11.3 Å². The van der Waals surface area contributed by atoms with Crippen LogP contribution >= 0.6 is 11.3 Å². The third-order valence-electron chi connectivity index (χ3n) is 4.39. The second-order valence-electron chi connectivity index (χ2n) is 6.84. The van der Waals surface area contributed by atoms with E-state index in [9.17, 15) is 4.79 Å². The van der Waals surface area contributed by atoms with Gasteiger partial charge in [0.05, 0.1) is 24.9 Å². The minimum atomic E-state index is -0.216. The van der Waals surface area contributed by atoms with E-state index >= 15 is 0 Å². The van der Waals surface area contributed by atoms with Crippen LogP contribution in [0.2, 0.25) is 0 Å². The number of nitrogens with zero attached hydrogens (tertiary/aromatic N) is 3. The van der Waals surface area contributed by atoms with Crippen molar-refractivity contribution in [1.82, 2.24) is 14.6 Å². The molecule has 154 valence electrons. The van der Waals surface area contributed by atoms with Crippen LogP contribution in [-0.4, -0.2) is 34.9 Å². The third kappa shape index (κ3) is 3.86. The Labute approximate surface area is 177 Å². The van der Waals surface area contributed by atoms with E-state index in [4.69, 9.17) is 14.2 Å². The molecule has 2 aromatic carbocycles. The van der Waals surface area contributed by atoms with E-state index in [1.807, 2.05) is 50.2 Å². The van der Waals surface area contributed by atoms with Gasteiger partial charge in [-0.2, -0.15) is 9.50 Å². The lowest BCUT2D eigenvalue weighted by Gasteiger charge is -2.09. The van der Waals surface area contributed by atoms with Crippen LogP contribution in [0.15, 0.2) is 47.3 Å². The quantitative estimate of drug-likeness (QED) is 0.474. The first kappa shape index (κ1) is 19.9. The van der Waals surface area contributed by atoms with Gasteiger partial charge in [0, 0.05) is 17.2 Å². The highest BCUT2D eigenvalue weighted by molar-refractivity contribution is 7.15. The number of methoxy groups -OCH3 is 2. The molecule has 4 aromatic rings. The standard InChI is InChI=1S/C22H21N3O4S/c1-13(2)29-16-8-5-14(6-9-16)20-23-22-25(24-20)21(26)19(30-22)11-15-7-10-17(27-3)12-18(15)28-4/h5-13H,1-4H3/b19-11+. The fourth-order valence-electron chi connectivity index (χ4n) is 2.99. The summed E-state index contributed by atoms with van der Waals surface area (Å²) in [5, 5.41) is 4.40. The predicted octanol–water partition coefficient (Wildman–Crippen LogP) is 3.17. The molecular formula is C22H21N3O4S. The van der Waals surface area contributed by atoms with Crippen molar-refractivity contribution >= 4 is 22.4 Å². The number of hydrogen-bond donors (Lipinski definition) is 0. The first-order valence-corrected chi connectivity index (χ1v) is 10.2. The summed E-state index contributed by atoms with van der Waals surface area (Å²) in [7, 11) is 3.17. The summed E-state index contributed by atoms with van der Waals surface area (Å²) in [6, 6.07) is 13.0. The van der Waals surface area contributed by atoms with Crippen molar-refractivity contribution in [2.45, 2.75) is 20.0 Å². The fourth-order valence-corrected chi connectivity index (χ4v) is 3.89. The molecule has 8 heteroatoms. The van der Waals surface area contributed by atoms with Crippen LogP contribution < -0.4 is 24.3 Å². The topological polar surface area (TPSA) is 75.0 Å². The van der Waals surface area contributed by atoms with Crippen molar-refractivity contribution < 1.29 is 14.2 Å². The maximum Gasteiger partial charge on any atom is 0.291 e. The van der Waals surface area contributed by atoms with Gasteiger partial charge in [0.25, 0.3) is 5.56 Å². The number of fused-ring (bicyclic) bond motifs is 1. The summed E-state index contributed by atoms with van der Waals surface area (Å²) in [5.74, 6) is 2.59. The summed E-state index contributed by atoms with van der Waals surface area (Å²) >= 11 is 1.28. The Morgan fingerprint density at radius 2 is 1.77 bits per heavy atom. The molecule has 0 radical (unpaired) electrons. The average Bonchev–Trinajstić information content (AvgIpc) is 3.28. The molecule has 0 N–H and O–H groups in total. The van der Waals surface area contributed by atoms with E-state index in [1.54, 1.807) is 26.4 Å². The van der Waals surface area contributed by atoms with Crippen molar-refractivity contribution in [3.05, 3.63) is 62.9 Å². The molecule has 0 aliphatic carbocycles. The molecule has 0 aliphatic heterocycles. The highest BCUT2D eigenvalue weighted by atomic mass is 32.1. The molecule has 0 fully saturated rings. The van der Waals surface area contributed by atoms with Gasteiger partial charge in [-0.3, -0.25) is 4.79 Å². The van der Waals surface area contributed by atoms with Crippen molar-refractivity contribution in [3.8, 4) is 28.6 Å². The number of benzene rings is 2. The molecule has 7 nitrogen and oxygen atoms in total. The van der Waals surface area contributed by atoms with Gasteiger partial charge in [-0.05, 0) is 56.3 Å². The van der Waals surface area contributed by atoms with Crippen molar-refractivity contribution in [1.29, 1.82) is 0 Å². The van der Waals surface area contributed by atoms with E-state index in [-0.39, 0.29) is 11.7 Å². The molecule has 2 aromatic heterocycles. The average molecular weight is 423 g/mol. The van der Waals surface area contributed by atoms with Gasteiger partial charge in [0.15, 0.2) is 5.82 Å². The van der Waals surface area contributed by atoms with Crippen molar-refractivity contribution in [3.63, 3.8) is 0 Å². The monoisotopic (exact) mass is 423 g/mol. The lowest BCUT2D eigenvalue weighted by molar-refractivity contribution is 0.242. The van der Waals surface area contributed by atoms with Crippen molar-refractivity contribution in [2.75, 3.05) is 14.2 Å². The summed E-state index contributed by atoms with van der Waals surface area (Å²) in [6.45, 7) is 3.95. The van der Waals surface area contributed by atoms with Crippen LogP contribution in [0.4, 0.5) is 0 Å². The molecule has 0 aliphatic rings. The number of rotatable bonds is 6. The Morgan fingerprint density at radius 1 is 1.03 bits per heavy atom. The van der Waals surface area contributed by atoms with Crippen LogP contribution in [0.3, 0.4) is 0 Å². The zero-order chi connectivity index (χ0) is 21.3. The summed E-state index contributed by atoms with van der Waals surface area (Å²) in [6.07, 6.45) is 1.88. The lowest BCUT2D eigenvalue weighted by atomic mass is 10.2. The maximum absolute atomic E-state index is 12.8. The minimum Gasteiger partial charge on any atom is -0.497 e. The minimum absolute atomic E-state index is 0.105. The summed E-state index contributed by atoms with van der Waals surface area (Å²) < 4.78 is 18.1. The van der Waals surface area contributed by atoms with E-state index in [1.165, 1.54) is 15.9 Å². The Kier molecular flexibility index (Phi) is 5.41. The van der Waals surface area contributed by atoms with E-state index in [0.717, 1.165) is 16.9 Å². The van der Waals surface area contributed by atoms with Crippen LogP contribution in [0.25, 0.3) is 22.4 Å². The molecule has 0 unspecified atom stereocenters. The Hall–Kier alpha value is -3.39. The summed E-state index contributed by atoms with van der Waals surface area (Å²) in [5.41, 5.74) is 1.39. The number of thiazole rings is 1. The Balaban J connectivity index is 1.69. The van der Waals surface area contributed by atoms with Crippen molar-refractivity contribution in [2.24, 2.45) is 0 Å².